The number of rotatable bonds is 4. The molecule has 1 aliphatic heterocycles. The van der Waals surface area contributed by atoms with Crippen LogP contribution in [0, 0.1) is 5.82 Å². The van der Waals surface area contributed by atoms with Gasteiger partial charge >= 0.3 is 0 Å². The number of amides is 2. The summed E-state index contributed by atoms with van der Waals surface area (Å²) >= 11 is 0. The van der Waals surface area contributed by atoms with Crippen LogP contribution >= 0.6 is 0 Å². The van der Waals surface area contributed by atoms with E-state index in [1.165, 1.54) is 25.1 Å². The van der Waals surface area contributed by atoms with Gasteiger partial charge < -0.3 is 5.32 Å². The Labute approximate surface area is 158 Å². The molecule has 0 spiro atoms. The molecule has 1 atom stereocenters. The van der Waals surface area contributed by atoms with Crippen LogP contribution in [-0.4, -0.2) is 55.5 Å². The van der Waals surface area contributed by atoms with E-state index < -0.39 is 39.7 Å². The third-order valence-corrected chi connectivity index (χ3v) is 6.48. The predicted octanol–water partition coefficient (Wildman–Crippen LogP) is 1.25. The first-order chi connectivity index (χ1) is 12.6. The molecule has 2 fully saturated rings. The number of benzene rings is 1. The van der Waals surface area contributed by atoms with Crippen LogP contribution in [0.5, 0.6) is 0 Å². The molecule has 2 aliphatic rings. The number of nitrogens with zero attached hydrogens (tertiary/aromatic N) is 2. The fourth-order valence-corrected chi connectivity index (χ4v) is 4.65. The zero-order valence-corrected chi connectivity index (χ0v) is 16.3. The summed E-state index contributed by atoms with van der Waals surface area (Å²) in [6, 6.07) is 5.68. The molecule has 7 nitrogen and oxygen atoms in total. The Bertz CT molecular complexity index is 854. The van der Waals surface area contributed by atoms with Gasteiger partial charge in [0.05, 0.1) is 18.5 Å². The van der Waals surface area contributed by atoms with E-state index in [4.69, 9.17) is 0 Å². The molecular weight excluding hydrogens is 373 g/mol. The molecular formula is C18H24FN3O4S. The van der Waals surface area contributed by atoms with E-state index in [2.05, 4.69) is 5.32 Å². The lowest BCUT2D eigenvalue weighted by atomic mass is 9.94. The van der Waals surface area contributed by atoms with Gasteiger partial charge in [-0.3, -0.25) is 14.5 Å². The Morgan fingerprint density at radius 2 is 1.89 bits per heavy atom. The molecule has 1 aromatic carbocycles. The Morgan fingerprint density at radius 1 is 1.26 bits per heavy atom. The summed E-state index contributed by atoms with van der Waals surface area (Å²) in [6.07, 6.45) is 4.69. The number of hydrogen-bond acceptors (Lipinski definition) is 4. The molecule has 0 radical (unpaired) electrons. The largest absolute Gasteiger partial charge is 0.351 e. The summed E-state index contributed by atoms with van der Waals surface area (Å²) in [6.45, 7) is 0.822. The van der Waals surface area contributed by atoms with Gasteiger partial charge in [0, 0.05) is 12.6 Å². The minimum Gasteiger partial charge on any atom is -0.351 e. The Hall–Kier alpha value is -2.00. The van der Waals surface area contributed by atoms with E-state index in [9.17, 15) is 22.4 Å². The molecule has 1 unspecified atom stereocenters. The van der Waals surface area contributed by atoms with E-state index >= 15 is 0 Å². The van der Waals surface area contributed by atoms with Crippen molar-refractivity contribution in [3.05, 3.63) is 30.1 Å². The smallest absolute Gasteiger partial charge is 0.247 e. The molecule has 1 N–H and O–H groups in total. The average Bonchev–Trinajstić information content (AvgIpc) is 3.08. The van der Waals surface area contributed by atoms with Crippen LogP contribution < -0.4 is 10.2 Å². The van der Waals surface area contributed by atoms with Crippen molar-refractivity contribution in [3.8, 4) is 0 Å². The number of hydrogen-bond donors (Lipinski definition) is 1. The fraction of sp³-hybridized carbons (Fsp3) is 0.556. The highest BCUT2D eigenvalue weighted by atomic mass is 32.2. The summed E-state index contributed by atoms with van der Waals surface area (Å²) in [7, 11) is -3.69. The summed E-state index contributed by atoms with van der Waals surface area (Å²) in [5.41, 5.74) is -1.58. The third-order valence-electron chi connectivity index (χ3n) is 5.28. The van der Waals surface area contributed by atoms with E-state index in [-0.39, 0.29) is 18.3 Å². The SMILES string of the molecule is CC1(C(=O)NC2CCCC2)CN(S(C)(=O)=O)CC(=O)N1c1ccccc1F. The predicted molar refractivity (Wildman–Crippen MR) is 99.1 cm³/mol. The zero-order chi connectivity index (χ0) is 19.8. The Balaban J connectivity index is 2.02. The first kappa shape index (κ1) is 19.8. The molecule has 148 valence electrons. The molecule has 2 amide bonds. The lowest BCUT2D eigenvalue weighted by molar-refractivity contribution is -0.133. The van der Waals surface area contributed by atoms with Crippen molar-refractivity contribution in [2.24, 2.45) is 0 Å². The fourth-order valence-electron chi connectivity index (χ4n) is 3.82. The van der Waals surface area contributed by atoms with Crippen molar-refractivity contribution in [1.29, 1.82) is 0 Å². The highest BCUT2D eigenvalue weighted by Gasteiger charge is 2.51. The number of para-hydroxylation sites is 1. The number of piperazine rings is 1. The summed E-state index contributed by atoms with van der Waals surface area (Å²) < 4.78 is 39.5. The van der Waals surface area contributed by atoms with Gasteiger partial charge in [-0.15, -0.1) is 0 Å². The molecule has 1 aliphatic carbocycles. The quantitative estimate of drug-likeness (QED) is 0.829. The molecule has 0 aromatic heterocycles. The van der Waals surface area contributed by atoms with Crippen LogP contribution in [0.1, 0.15) is 32.6 Å². The van der Waals surface area contributed by atoms with Gasteiger partial charge in [0.1, 0.15) is 11.4 Å². The number of nitrogens with one attached hydrogen (secondary N) is 1. The van der Waals surface area contributed by atoms with Crippen LogP contribution in [0.4, 0.5) is 10.1 Å². The van der Waals surface area contributed by atoms with Crippen LogP contribution in [0.15, 0.2) is 24.3 Å². The van der Waals surface area contributed by atoms with Gasteiger partial charge in [0.25, 0.3) is 0 Å². The number of sulfonamides is 1. The van der Waals surface area contributed by atoms with Crippen molar-refractivity contribution >= 4 is 27.5 Å². The minimum atomic E-state index is -3.69. The van der Waals surface area contributed by atoms with Crippen molar-refractivity contribution in [2.45, 2.75) is 44.2 Å². The maximum absolute atomic E-state index is 14.4. The second-order valence-electron chi connectivity index (χ2n) is 7.44. The van der Waals surface area contributed by atoms with Gasteiger partial charge in [0.15, 0.2) is 0 Å². The van der Waals surface area contributed by atoms with Gasteiger partial charge in [-0.1, -0.05) is 25.0 Å². The van der Waals surface area contributed by atoms with Crippen molar-refractivity contribution in [2.75, 3.05) is 24.2 Å². The molecule has 3 rings (SSSR count). The molecule has 1 saturated carbocycles. The van der Waals surface area contributed by atoms with Crippen LogP contribution in [0.25, 0.3) is 0 Å². The van der Waals surface area contributed by atoms with Crippen LogP contribution in [0.2, 0.25) is 0 Å². The van der Waals surface area contributed by atoms with Gasteiger partial charge in [-0.2, -0.15) is 4.31 Å². The topological polar surface area (TPSA) is 86.8 Å². The number of halogens is 1. The monoisotopic (exact) mass is 397 g/mol. The second kappa shape index (κ2) is 7.20. The van der Waals surface area contributed by atoms with Crippen LogP contribution in [0.3, 0.4) is 0 Å². The molecule has 1 saturated heterocycles. The highest BCUT2D eigenvalue weighted by molar-refractivity contribution is 7.88. The zero-order valence-electron chi connectivity index (χ0n) is 15.4. The number of carbonyl (C=O) groups excluding carboxylic acids is 2. The maximum Gasteiger partial charge on any atom is 0.247 e. The minimum absolute atomic E-state index is 0.0134. The number of carbonyl (C=O) groups is 2. The van der Waals surface area contributed by atoms with E-state index in [0.29, 0.717) is 0 Å². The standard InChI is InChI=1S/C18H24FN3O4S/c1-18(17(24)20-13-7-3-4-8-13)12-21(27(2,25)26)11-16(23)22(18)15-10-6-5-9-14(15)19/h5-6,9-10,13H,3-4,7-8,11-12H2,1-2H3,(H,20,24). The Morgan fingerprint density at radius 3 is 2.48 bits per heavy atom. The maximum atomic E-state index is 14.4. The van der Waals surface area contributed by atoms with Gasteiger partial charge in [0.2, 0.25) is 21.8 Å². The molecule has 0 bridgehead atoms. The van der Waals surface area contributed by atoms with E-state index in [1.54, 1.807) is 6.07 Å². The summed E-state index contributed by atoms with van der Waals surface area (Å²) in [4.78, 5) is 27.1. The van der Waals surface area contributed by atoms with Crippen molar-refractivity contribution < 1.29 is 22.4 Å². The number of anilines is 1. The third kappa shape index (κ3) is 3.84. The molecule has 27 heavy (non-hydrogen) atoms. The highest BCUT2D eigenvalue weighted by Crippen LogP contribution is 2.32. The summed E-state index contributed by atoms with van der Waals surface area (Å²) in [5.74, 6) is -1.75. The van der Waals surface area contributed by atoms with Crippen molar-refractivity contribution in [3.63, 3.8) is 0 Å². The van der Waals surface area contributed by atoms with Gasteiger partial charge in [-0.25, -0.2) is 12.8 Å². The Kier molecular flexibility index (Phi) is 5.27. The average molecular weight is 397 g/mol. The second-order valence-corrected chi connectivity index (χ2v) is 9.42. The van der Waals surface area contributed by atoms with E-state index in [1.807, 2.05) is 0 Å². The molecule has 1 aromatic rings. The molecule has 9 heteroatoms. The van der Waals surface area contributed by atoms with E-state index in [0.717, 1.165) is 41.1 Å². The van der Waals surface area contributed by atoms with Gasteiger partial charge in [-0.05, 0) is 31.9 Å². The van der Waals surface area contributed by atoms with Crippen molar-refractivity contribution in [1.82, 2.24) is 9.62 Å². The van der Waals surface area contributed by atoms with Crippen LogP contribution in [-0.2, 0) is 19.6 Å². The first-order valence-electron chi connectivity index (χ1n) is 8.96. The summed E-state index contributed by atoms with van der Waals surface area (Å²) in [5, 5.41) is 2.92. The normalized spacial score (nSPS) is 25.0. The molecule has 1 heterocycles. The lowest BCUT2D eigenvalue weighted by Gasteiger charge is -2.46. The lowest BCUT2D eigenvalue weighted by Crippen LogP contribution is -2.70. The first-order valence-corrected chi connectivity index (χ1v) is 10.8.